The van der Waals surface area contributed by atoms with E-state index in [-0.39, 0.29) is 5.91 Å². The van der Waals surface area contributed by atoms with Crippen molar-refractivity contribution in [1.29, 1.82) is 0 Å². The highest BCUT2D eigenvalue weighted by atomic mass is 16.2. The highest BCUT2D eigenvalue weighted by molar-refractivity contribution is 5.78. The van der Waals surface area contributed by atoms with Crippen LogP contribution in [0.15, 0.2) is 24.3 Å². The first-order valence-electron chi connectivity index (χ1n) is 8.90. The van der Waals surface area contributed by atoms with Crippen molar-refractivity contribution in [3.05, 3.63) is 35.4 Å². The lowest BCUT2D eigenvalue weighted by Gasteiger charge is -2.37. The van der Waals surface area contributed by atoms with Gasteiger partial charge in [-0.3, -0.25) is 9.69 Å². The molecular formula is C19H29N3O. The standard InChI is InChI=1S/C19H29N3O/c1-15-13-21(2)10-11-22(15)14-19(23)20-12-17-8-5-7-16-6-3-4-9-18(16)17/h3-4,6,9,15,17H,5,7-8,10-14H2,1-2H3,(H,20,23)/t15-,17+/m0/s1. The molecule has 3 rings (SSSR count). The summed E-state index contributed by atoms with van der Waals surface area (Å²) in [5.41, 5.74) is 2.90. The Kier molecular flexibility index (Phi) is 5.34. The predicted molar refractivity (Wildman–Crippen MR) is 93.7 cm³/mol. The predicted octanol–water partition coefficient (Wildman–Crippen LogP) is 1.86. The zero-order chi connectivity index (χ0) is 16.2. The fourth-order valence-corrected chi connectivity index (χ4v) is 3.96. The van der Waals surface area contributed by atoms with Crippen LogP contribution < -0.4 is 5.32 Å². The topological polar surface area (TPSA) is 35.6 Å². The van der Waals surface area contributed by atoms with Crippen LogP contribution in [-0.2, 0) is 11.2 Å². The fraction of sp³-hybridized carbons (Fsp3) is 0.632. The second kappa shape index (κ2) is 7.45. The number of fused-ring (bicyclic) bond motifs is 1. The third-order valence-corrected chi connectivity index (χ3v) is 5.35. The number of benzene rings is 1. The largest absolute Gasteiger partial charge is 0.354 e. The highest BCUT2D eigenvalue weighted by Gasteiger charge is 2.24. The van der Waals surface area contributed by atoms with Crippen LogP contribution in [-0.4, -0.2) is 61.5 Å². The maximum atomic E-state index is 12.3. The van der Waals surface area contributed by atoms with Gasteiger partial charge in [0.15, 0.2) is 0 Å². The number of rotatable bonds is 4. The van der Waals surface area contributed by atoms with Gasteiger partial charge in [0.2, 0.25) is 5.91 Å². The van der Waals surface area contributed by atoms with Gasteiger partial charge in [0, 0.05) is 38.1 Å². The molecule has 1 heterocycles. The Labute approximate surface area is 139 Å². The van der Waals surface area contributed by atoms with Gasteiger partial charge < -0.3 is 10.2 Å². The van der Waals surface area contributed by atoms with Gasteiger partial charge in [0.05, 0.1) is 6.54 Å². The lowest BCUT2D eigenvalue weighted by Crippen LogP contribution is -2.53. The van der Waals surface area contributed by atoms with Crippen LogP contribution in [0.25, 0.3) is 0 Å². The second-order valence-electron chi connectivity index (χ2n) is 7.17. The molecule has 2 aliphatic rings. The average molecular weight is 315 g/mol. The molecule has 0 aromatic heterocycles. The minimum Gasteiger partial charge on any atom is -0.354 e. The van der Waals surface area contributed by atoms with E-state index in [1.54, 1.807) is 0 Å². The Bertz CT molecular complexity index is 545. The van der Waals surface area contributed by atoms with Crippen LogP contribution in [0.1, 0.15) is 36.8 Å². The summed E-state index contributed by atoms with van der Waals surface area (Å²) in [6.07, 6.45) is 3.59. The minimum absolute atomic E-state index is 0.171. The number of nitrogens with one attached hydrogen (secondary N) is 1. The summed E-state index contributed by atoms with van der Waals surface area (Å²) < 4.78 is 0. The Balaban J connectivity index is 1.50. The number of likely N-dealkylation sites (N-methyl/N-ethyl adjacent to an activating group) is 1. The molecule has 23 heavy (non-hydrogen) atoms. The van der Waals surface area contributed by atoms with Crippen molar-refractivity contribution in [2.45, 2.75) is 38.1 Å². The van der Waals surface area contributed by atoms with Gasteiger partial charge in [0.25, 0.3) is 0 Å². The third-order valence-electron chi connectivity index (χ3n) is 5.35. The summed E-state index contributed by atoms with van der Waals surface area (Å²) in [6.45, 7) is 6.59. The zero-order valence-corrected chi connectivity index (χ0v) is 14.4. The monoisotopic (exact) mass is 315 g/mol. The van der Waals surface area contributed by atoms with Gasteiger partial charge in [-0.05, 0) is 44.4 Å². The maximum Gasteiger partial charge on any atom is 0.234 e. The van der Waals surface area contributed by atoms with Crippen molar-refractivity contribution < 1.29 is 4.79 Å². The van der Waals surface area contributed by atoms with Crippen LogP contribution in [0.2, 0.25) is 0 Å². The number of aryl methyl sites for hydroxylation is 1. The molecule has 1 saturated heterocycles. The number of nitrogens with zero attached hydrogens (tertiary/aromatic N) is 2. The quantitative estimate of drug-likeness (QED) is 0.921. The Morgan fingerprint density at radius 3 is 2.96 bits per heavy atom. The number of hydrogen-bond acceptors (Lipinski definition) is 3. The van der Waals surface area contributed by atoms with E-state index in [1.165, 1.54) is 30.4 Å². The molecule has 0 radical (unpaired) electrons. The molecule has 0 unspecified atom stereocenters. The van der Waals surface area contributed by atoms with Crippen LogP contribution >= 0.6 is 0 Å². The molecule has 1 aromatic rings. The lowest BCUT2D eigenvalue weighted by molar-refractivity contribution is -0.123. The Morgan fingerprint density at radius 1 is 1.30 bits per heavy atom. The van der Waals surface area contributed by atoms with E-state index >= 15 is 0 Å². The van der Waals surface area contributed by atoms with Gasteiger partial charge >= 0.3 is 0 Å². The molecule has 1 amide bonds. The van der Waals surface area contributed by atoms with Crippen molar-refractivity contribution >= 4 is 5.91 Å². The smallest absolute Gasteiger partial charge is 0.234 e. The summed E-state index contributed by atoms with van der Waals surface area (Å²) >= 11 is 0. The molecule has 1 fully saturated rings. The number of carbonyl (C=O) groups excluding carboxylic acids is 1. The number of amides is 1. The molecule has 1 N–H and O–H groups in total. The minimum atomic E-state index is 0.171. The second-order valence-corrected chi connectivity index (χ2v) is 7.17. The molecule has 1 aliphatic carbocycles. The SMILES string of the molecule is C[C@H]1CN(C)CCN1CC(=O)NC[C@H]1CCCc2ccccc21. The van der Waals surface area contributed by atoms with Gasteiger partial charge in [-0.1, -0.05) is 24.3 Å². The van der Waals surface area contributed by atoms with Crippen LogP contribution in [0.4, 0.5) is 0 Å². The first-order chi connectivity index (χ1) is 11.1. The van der Waals surface area contributed by atoms with Crippen molar-refractivity contribution in [3.63, 3.8) is 0 Å². The number of piperazine rings is 1. The summed E-state index contributed by atoms with van der Waals surface area (Å²) in [5.74, 6) is 0.651. The van der Waals surface area contributed by atoms with Crippen molar-refractivity contribution in [1.82, 2.24) is 15.1 Å². The average Bonchev–Trinajstić information content (AvgIpc) is 2.55. The fourth-order valence-electron chi connectivity index (χ4n) is 3.96. The van der Waals surface area contributed by atoms with Gasteiger partial charge in [-0.2, -0.15) is 0 Å². The first kappa shape index (κ1) is 16.5. The molecule has 2 atom stereocenters. The van der Waals surface area contributed by atoms with E-state index in [0.29, 0.717) is 18.5 Å². The van der Waals surface area contributed by atoms with Crippen molar-refractivity contribution in [2.75, 3.05) is 39.8 Å². The Hall–Kier alpha value is -1.39. The molecule has 0 saturated carbocycles. The molecule has 4 heteroatoms. The molecule has 0 bridgehead atoms. The Morgan fingerprint density at radius 2 is 2.13 bits per heavy atom. The molecule has 1 aliphatic heterocycles. The molecule has 1 aromatic carbocycles. The van der Waals surface area contributed by atoms with Crippen LogP contribution in [0.3, 0.4) is 0 Å². The number of hydrogen-bond donors (Lipinski definition) is 1. The maximum absolute atomic E-state index is 12.3. The summed E-state index contributed by atoms with van der Waals surface area (Å²) in [7, 11) is 2.15. The van der Waals surface area contributed by atoms with E-state index in [4.69, 9.17) is 0 Å². The zero-order valence-electron chi connectivity index (χ0n) is 14.4. The molecule has 0 spiro atoms. The lowest BCUT2D eigenvalue weighted by atomic mass is 9.83. The summed E-state index contributed by atoms with van der Waals surface area (Å²) in [6, 6.07) is 9.15. The third kappa shape index (κ3) is 4.12. The van der Waals surface area contributed by atoms with Crippen molar-refractivity contribution in [3.8, 4) is 0 Å². The van der Waals surface area contributed by atoms with Gasteiger partial charge in [0.1, 0.15) is 0 Å². The molecular weight excluding hydrogens is 286 g/mol. The van der Waals surface area contributed by atoms with E-state index < -0.39 is 0 Å². The highest BCUT2D eigenvalue weighted by Crippen LogP contribution is 2.30. The van der Waals surface area contributed by atoms with E-state index in [1.807, 2.05) is 0 Å². The van der Waals surface area contributed by atoms with Gasteiger partial charge in [-0.15, -0.1) is 0 Å². The molecule has 4 nitrogen and oxygen atoms in total. The first-order valence-corrected chi connectivity index (χ1v) is 8.90. The van der Waals surface area contributed by atoms with E-state index in [0.717, 1.165) is 26.2 Å². The summed E-state index contributed by atoms with van der Waals surface area (Å²) in [4.78, 5) is 17.0. The number of carbonyl (C=O) groups is 1. The van der Waals surface area contributed by atoms with Crippen LogP contribution in [0.5, 0.6) is 0 Å². The summed E-state index contributed by atoms with van der Waals surface area (Å²) in [5, 5.41) is 3.18. The normalized spacial score (nSPS) is 25.8. The van der Waals surface area contributed by atoms with Gasteiger partial charge in [-0.25, -0.2) is 0 Å². The van der Waals surface area contributed by atoms with E-state index in [9.17, 15) is 4.79 Å². The molecule has 126 valence electrons. The van der Waals surface area contributed by atoms with Crippen LogP contribution in [0, 0.1) is 0 Å². The van der Waals surface area contributed by atoms with E-state index in [2.05, 4.69) is 53.4 Å². The van der Waals surface area contributed by atoms with Crippen molar-refractivity contribution in [2.24, 2.45) is 0 Å².